The number of nitrogens with zero attached hydrogens (tertiary/aromatic N) is 3. The molecule has 11 heteroatoms. The fraction of sp³-hybridized carbons (Fsp3) is 0.111. The number of carboxylic acids is 1. The average Bonchev–Trinajstić information content (AvgIpc) is 2.99. The van der Waals surface area contributed by atoms with Crippen molar-refractivity contribution in [1.29, 1.82) is 0 Å². The molecule has 9 nitrogen and oxygen atoms in total. The quantitative estimate of drug-likeness (QED) is 0.587. The molecular weight excluding hydrogens is 405 g/mol. The Bertz CT molecular complexity index is 1160. The number of anilines is 2. The molecule has 0 bridgehead atoms. The highest BCUT2D eigenvalue weighted by Gasteiger charge is 2.34. The highest BCUT2D eigenvalue weighted by molar-refractivity contribution is 7.87. The SMILES string of the molecule is COc1ccc(N(c2c(-c3ccc(F)cc3)nn(C)c2C(=O)O)S(=O)(=O)O)cc1. The highest BCUT2D eigenvalue weighted by atomic mass is 32.2. The zero-order valence-electron chi connectivity index (χ0n) is 15.3. The fourth-order valence-corrected chi connectivity index (χ4v) is 3.63. The van der Waals surface area contributed by atoms with Gasteiger partial charge in [0, 0.05) is 12.6 Å². The van der Waals surface area contributed by atoms with Gasteiger partial charge in [0.2, 0.25) is 0 Å². The zero-order chi connectivity index (χ0) is 21.3. The number of rotatable bonds is 6. The molecule has 29 heavy (non-hydrogen) atoms. The molecule has 0 saturated carbocycles. The maximum absolute atomic E-state index is 13.3. The molecule has 0 amide bonds. The number of ether oxygens (including phenoxy) is 1. The summed E-state index contributed by atoms with van der Waals surface area (Å²) in [5.41, 5.74) is -0.741. The Hall–Kier alpha value is -3.44. The minimum absolute atomic E-state index is 0.0489. The van der Waals surface area contributed by atoms with Gasteiger partial charge in [0.1, 0.15) is 22.9 Å². The molecule has 152 valence electrons. The van der Waals surface area contributed by atoms with E-state index >= 15 is 0 Å². The Morgan fingerprint density at radius 3 is 2.21 bits per heavy atom. The minimum atomic E-state index is -4.97. The van der Waals surface area contributed by atoms with E-state index in [0.29, 0.717) is 10.1 Å². The summed E-state index contributed by atoms with van der Waals surface area (Å²) in [5.74, 6) is -1.58. The van der Waals surface area contributed by atoms with Crippen molar-refractivity contribution < 1.29 is 32.0 Å². The first-order valence-electron chi connectivity index (χ1n) is 8.11. The van der Waals surface area contributed by atoms with E-state index in [1.807, 2.05) is 0 Å². The lowest BCUT2D eigenvalue weighted by Crippen LogP contribution is -2.27. The average molecular weight is 421 g/mol. The van der Waals surface area contributed by atoms with Gasteiger partial charge in [-0.05, 0) is 48.5 Å². The van der Waals surface area contributed by atoms with Crippen LogP contribution in [0.3, 0.4) is 0 Å². The van der Waals surface area contributed by atoms with Crippen LogP contribution in [-0.2, 0) is 17.4 Å². The summed E-state index contributed by atoms with van der Waals surface area (Å²) in [6, 6.07) is 10.5. The van der Waals surface area contributed by atoms with Crippen LogP contribution in [0.1, 0.15) is 10.5 Å². The second-order valence-corrected chi connectivity index (χ2v) is 7.18. The number of carbonyl (C=O) groups is 1. The molecule has 0 radical (unpaired) electrons. The molecule has 3 aromatic rings. The largest absolute Gasteiger partial charge is 0.497 e. The van der Waals surface area contributed by atoms with E-state index in [9.17, 15) is 27.3 Å². The predicted octanol–water partition coefficient (Wildman–Crippen LogP) is 2.87. The van der Waals surface area contributed by atoms with Gasteiger partial charge < -0.3 is 9.84 Å². The lowest BCUT2D eigenvalue weighted by molar-refractivity contribution is 0.0686. The van der Waals surface area contributed by atoms with Crippen LogP contribution >= 0.6 is 0 Å². The van der Waals surface area contributed by atoms with E-state index in [4.69, 9.17) is 4.74 Å². The molecule has 0 spiro atoms. The standard InChI is InChI=1S/C18H16FN3O6S/c1-21-17(18(23)24)16(15(20-21)11-3-5-12(19)6-4-11)22(29(25,26)27)13-7-9-14(28-2)10-8-13/h3-10H,1-2H3,(H,23,24)(H,25,26,27). The van der Waals surface area contributed by atoms with Gasteiger partial charge in [-0.25, -0.2) is 13.5 Å². The maximum Gasteiger partial charge on any atom is 0.364 e. The summed E-state index contributed by atoms with van der Waals surface area (Å²) in [4.78, 5) is 11.9. The monoisotopic (exact) mass is 421 g/mol. The lowest BCUT2D eigenvalue weighted by Gasteiger charge is -2.22. The van der Waals surface area contributed by atoms with Gasteiger partial charge in [-0.1, -0.05) is 0 Å². The predicted molar refractivity (Wildman–Crippen MR) is 102 cm³/mol. The summed E-state index contributed by atoms with van der Waals surface area (Å²) >= 11 is 0. The molecule has 0 aliphatic rings. The number of methoxy groups -OCH3 is 1. The maximum atomic E-state index is 13.3. The number of halogens is 1. The highest BCUT2D eigenvalue weighted by Crippen LogP contribution is 2.39. The third-order valence-corrected chi connectivity index (χ3v) is 4.94. The van der Waals surface area contributed by atoms with E-state index in [-0.39, 0.29) is 22.6 Å². The minimum Gasteiger partial charge on any atom is -0.497 e. The molecule has 0 fully saturated rings. The topological polar surface area (TPSA) is 122 Å². The summed E-state index contributed by atoms with van der Waals surface area (Å²) in [5, 5.41) is 13.7. The van der Waals surface area contributed by atoms with Crippen molar-refractivity contribution in [2.45, 2.75) is 0 Å². The van der Waals surface area contributed by atoms with Crippen molar-refractivity contribution >= 4 is 27.6 Å². The first-order chi connectivity index (χ1) is 13.6. The van der Waals surface area contributed by atoms with Crippen LogP contribution in [0.2, 0.25) is 0 Å². The van der Waals surface area contributed by atoms with Crippen LogP contribution in [0, 0.1) is 5.82 Å². The second-order valence-electron chi connectivity index (χ2n) is 5.92. The number of hydrogen-bond acceptors (Lipinski definition) is 5. The van der Waals surface area contributed by atoms with E-state index < -0.39 is 27.8 Å². The number of hydrogen-bond donors (Lipinski definition) is 2. The van der Waals surface area contributed by atoms with Gasteiger partial charge in [-0.15, -0.1) is 0 Å². The molecule has 3 rings (SSSR count). The van der Waals surface area contributed by atoms with Gasteiger partial charge in [0.25, 0.3) is 0 Å². The normalized spacial score (nSPS) is 11.3. The van der Waals surface area contributed by atoms with Crippen molar-refractivity contribution in [3.05, 3.63) is 60.0 Å². The molecule has 0 aliphatic carbocycles. The van der Waals surface area contributed by atoms with Gasteiger partial charge in [0.15, 0.2) is 5.69 Å². The Morgan fingerprint density at radius 1 is 1.14 bits per heavy atom. The molecule has 2 aromatic carbocycles. The van der Waals surface area contributed by atoms with E-state index in [1.165, 1.54) is 50.6 Å². The van der Waals surface area contributed by atoms with Crippen molar-refractivity contribution in [2.75, 3.05) is 11.4 Å². The molecular formula is C18H16FN3O6S. The number of aromatic nitrogens is 2. The Kier molecular flexibility index (Phi) is 5.27. The molecule has 1 heterocycles. The van der Waals surface area contributed by atoms with Gasteiger partial charge in [0.05, 0.1) is 12.8 Å². The Morgan fingerprint density at radius 2 is 1.72 bits per heavy atom. The third-order valence-electron chi connectivity index (χ3n) is 4.08. The third kappa shape index (κ3) is 3.91. The number of benzene rings is 2. The van der Waals surface area contributed by atoms with E-state index in [2.05, 4.69) is 5.10 Å². The van der Waals surface area contributed by atoms with E-state index in [0.717, 1.165) is 16.8 Å². The smallest absolute Gasteiger partial charge is 0.364 e. The van der Waals surface area contributed by atoms with Gasteiger partial charge in [-0.2, -0.15) is 13.5 Å². The summed E-state index contributed by atoms with van der Waals surface area (Å²) < 4.78 is 54.2. The first-order valence-corrected chi connectivity index (χ1v) is 9.51. The van der Waals surface area contributed by atoms with Crippen LogP contribution in [0.5, 0.6) is 5.75 Å². The molecule has 0 atom stereocenters. The summed E-state index contributed by atoms with van der Waals surface area (Å²) in [6.45, 7) is 0. The van der Waals surface area contributed by atoms with E-state index in [1.54, 1.807) is 0 Å². The molecule has 0 saturated heterocycles. The van der Waals surface area contributed by atoms with Crippen molar-refractivity contribution in [3.8, 4) is 17.0 Å². The molecule has 2 N–H and O–H groups in total. The Labute approximate surface area is 165 Å². The van der Waals surface area contributed by atoms with Gasteiger partial charge >= 0.3 is 16.3 Å². The van der Waals surface area contributed by atoms with Crippen molar-refractivity contribution in [1.82, 2.24) is 9.78 Å². The molecule has 0 aliphatic heterocycles. The first kappa shape index (κ1) is 20.3. The fourth-order valence-electron chi connectivity index (χ4n) is 2.84. The molecule has 0 unspecified atom stereocenters. The van der Waals surface area contributed by atoms with Crippen LogP contribution in [0.25, 0.3) is 11.3 Å². The van der Waals surface area contributed by atoms with Crippen LogP contribution in [0.4, 0.5) is 15.8 Å². The van der Waals surface area contributed by atoms with Crippen LogP contribution < -0.4 is 9.04 Å². The van der Waals surface area contributed by atoms with Crippen molar-refractivity contribution in [3.63, 3.8) is 0 Å². The molecule has 1 aromatic heterocycles. The van der Waals surface area contributed by atoms with Crippen LogP contribution in [-0.4, -0.2) is 40.9 Å². The zero-order valence-corrected chi connectivity index (χ0v) is 16.1. The lowest BCUT2D eigenvalue weighted by atomic mass is 10.1. The van der Waals surface area contributed by atoms with Gasteiger partial charge in [-0.3, -0.25) is 9.23 Å². The second kappa shape index (κ2) is 7.53. The number of carboxylic acid groups (broad SMARTS) is 1. The van der Waals surface area contributed by atoms with Crippen LogP contribution in [0.15, 0.2) is 48.5 Å². The number of aryl methyl sites for hydroxylation is 1. The van der Waals surface area contributed by atoms with Crippen molar-refractivity contribution in [2.24, 2.45) is 7.05 Å². The Balaban J connectivity index is 2.34. The summed E-state index contributed by atoms with van der Waals surface area (Å²) in [6.07, 6.45) is 0. The summed E-state index contributed by atoms with van der Waals surface area (Å²) in [7, 11) is -2.23. The number of aromatic carboxylic acids is 1.